The van der Waals surface area contributed by atoms with E-state index in [0.717, 1.165) is 0 Å². The van der Waals surface area contributed by atoms with Crippen molar-refractivity contribution in [2.24, 2.45) is 0 Å². The molecule has 0 radical (unpaired) electrons. The molecular formula is C13H22BNO2S. The molecule has 18 heavy (non-hydrogen) atoms. The van der Waals surface area contributed by atoms with Gasteiger partial charge in [0.1, 0.15) is 0 Å². The molecule has 0 spiro atoms. The third-order valence-corrected chi connectivity index (χ3v) is 3.98. The highest BCUT2D eigenvalue weighted by Crippen LogP contribution is 2.30. The molecule has 0 aliphatic carbocycles. The molecular weight excluding hydrogens is 245 g/mol. The van der Waals surface area contributed by atoms with E-state index in [1.165, 1.54) is 17.6 Å². The van der Waals surface area contributed by atoms with Crippen LogP contribution in [0.3, 0.4) is 0 Å². The zero-order chi connectivity index (χ0) is 13.8. The summed E-state index contributed by atoms with van der Waals surface area (Å²) < 4.78 is 7.06. The minimum atomic E-state index is -0.762. The van der Waals surface area contributed by atoms with Crippen molar-refractivity contribution in [1.82, 2.24) is 4.31 Å². The van der Waals surface area contributed by atoms with E-state index < -0.39 is 7.12 Å². The van der Waals surface area contributed by atoms with Crippen LogP contribution in [0.25, 0.3) is 0 Å². The normalized spacial score (nSPS) is 11.9. The fourth-order valence-corrected chi connectivity index (χ4v) is 2.38. The summed E-state index contributed by atoms with van der Waals surface area (Å²) in [6.45, 7) is 8.44. The molecule has 1 N–H and O–H groups in total. The Kier molecular flexibility index (Phi) is 5.72. The predicted molar refractivity (Wildman–Crippen MR) is 78.5 cm³/mol. The first-order chi connectivity index (χ1) is 8.32. The number of rotatable bonds is 5. The van der Waals surface area contributed by atoms with Gasteiger partial charge in [0, 0.05) is 24.0 Å². The molecule has 0 aliphatic rings. The molecule has 0 aromatic heterocycles. The van der Waals surface area contributed by atoms with Crippen LogP contribution in [0.15, 0.2) is 29.2 Å². The SMILES string of the molecule is COB(O)CN(Sc1ccc(C)cc1)C(C)(C)C. The van der Waals surface area contributed by atoms with Gasteiger partial charge in [-0.15, -0.1) is 0 Å². The number of nitrogens with zero attached hydrogens (tertiary/aromatic N) is 1. The zero-order valence-corrected chi connectivity index (χ0v) is 12.6. The summed E-state index contributed by atoms with van der Waals surface area (Å²) in [5, 5.41) is 9.64. The topological polar surface area (TPSA) is 32.7 Å². The van der Waals surface area contributed by atoms with E-state index in [4.69, 9.17) is 4.65 Å². The van der Waals surface area contributed by atoms with Gasteiger partial charge in [-0.1, -0.05) is 17.7 Å². The molecule has 0 saturated carbocycles. The molecule has 0 heterocycles. The Morgan fingerprint density at radius 3 is 2.28 bits per heavy atom. The van der Waals surface area contributed by atoms with Crippen LogP contribution in [0.1, 0.15) is 26.3 Å². The monoisotopic (exact) mass is 267 g/mol. The molecule has 0 unspecified atom stereocenters. The maximum Gasteiger partial charge on any atom is 0.470 e. The Morgan fingerprint density at radius 2 is 1.83 bits per heavy atom. The van der Waals surface area contributed by atoms with Crippen LogP contribution in [-0.2, 0) is 4.65 Å². The second-order valence-electron chi connectivity index (χ2n) is 5.33. The average Bonchev–Trinajstić information content (AvgIpc) is 2.29. The highest BCUT2D eigenvalue weighted by atomic mass is 32.2. The molecule has 0 saturated heterocycles. The minimum absolute atomic E-state index is 0.0466. The molecule has 1 aromatic carbocycles. The van der Waals surface area contributed by atoms with Crippen LogP contribution >= 0.6 is 11.9 Å². The van der Waals surface area contributed by atoms with Gasteiger partial charge in [0.25, 0.3) is 0 Å². The van der Waals surface area contributed by atoms with Gasteiger partial charge in [-0.05, 0) is 51.8 Å². The van der Waals surface area contributed by atoms with Gasteiger partial charge in [-0.2, -0.15) is 0 Å². The van der Waals surface area contributed by atoms with Crippen molar-refractivity contribution in [2.75, 3.05) is 13.6 Å². The number of aryl methyl sites for hydroxylation is 1. The predicted octanol–water partition coefficient (Wildman–Crippen LogP) is 2.77. The molecule has 3 nitrogen and oxygen atoms in total. The van der Waals surface area contributed by atoms with E-state index in [1.54, 1.807) is 11.9 Å². The first-order valence-corrected chi connectivity index (χ1v) is 6.83. The second kappa shape index (κ2) is 6.61. The molecule has 0 fully saturated rings. The Hall–Kier alpha value is -0.485. The number of benzene rings is 1. The summed E-state index contributed by atoms with van der Waals surface area (Å²) in [6.07, 6.45) is 0.471. The zero-order valence-electron chi connectivity index (χ0n) is 11.8. The third kappa shape index (κ3) is 5.02. The van der Waals surface area contributed by atoms with Crippen LogP contribution in [0.5, 0.6) is 0 Å². The van der Waals surface area contributed by atoms with Crippen LogP contribution in [0.4, 0.5) is 0 Å². The summed E-state index contributed by atoms with van der Waals surface area (Å²) in [5.74, 6) is 0. The Morgan fingerprint density at radius 1 is 1.28 bits per heavy atom. The van der Waals surface area contributed by atoms with Crippen LogP contribution in [0, 0.1) is 6.92 Å². The van der Waals surface area contributed by atoms with Gasteiger partial charge in [-0.25, -0.2) is 4.31 Å². The molecule has 0 atom stereocenters. The van der Waals surface area contributed by atoms with Gasteiger partial charge >= 0.3 is 7.12 Å². The van der Waals surface area contributed by atoms with Gasteiger partial charge in [0.05, 0.1) is 0 Å². The largest absolute Gasteiger partial charge is 0.470 e. The highest BCUT2D eigenvalue weighted by Gasteiger charge is 2.27. The summed E-state index contributed by atoms with van der Waals surface area (Å²) in [5.41, 5.74) is 1.20. The van der Waals surface area contributed by atoms with E-state index >= 15 is 0 Å². The summed E-state index contributed by atoms with van der Waals surface area (Å²) in [4.78, 5) is 1.17. The smallest absolute Gasteiger partial charge is 0.426 e. The Bertz CT molecular complexity index is 364. The standard InChI is InChI=1S/C13H22BNO2S/c1-11-6-8-12(9-7-11)18-15(13(2,3)4)10-14(16)17-5/h6-9,16H,10H2,1-5H3. The average molecular weight is 267 g/mol. The molecule has 0 aliphatic heterocycles. The van der Waals surface area contributed by atoms with Crippen molar-refractivity contribution in [2.45, 2.75) is 38.1 Å². The van der Waals surface area contributed by atoms with E-state index in [9.17, 15) is 5.02 Å². The van der Waals surface area contributed by atoms with Gasteiger partial charge in [0.2, 0.25) is 0 Å². The lowest BCUT2D eigenvalue weighted by atomic mass is 9.90. The van der Waals surface area contributed by atoms with E-state index in [0.29, 0.717) is 6.44 Å². The molecule has 1 rings (SSSR count). The fraction of sp³-hybridized carbons (Fsp3) is 0.538. The first kappa shape index (κ1) is 15.6. The number of hydrogen-bond acceptors (Lipinski definition) is 4. The molecule has 0 bridgehead atoms. The molecule has 100 valence electrons. The Labute approximate surface area is 115 Å². The van der Waals surface area contributed by atoms with Crippen molar-refractivity contribution >= 4 is 19.1 Å². The maximum absolute atomic E-state index is 9.64. The molecule has 1 aromatic rings. The maximum atomic E-state index is 9.64. The quantitative estimate of drug-likeness (QED) is 0.657. The van der Waals surface area contributed by atoms with Gasteiger partial charge in [0.15, 0.2) is 0 Å². The van der Waals surface area contributed by atoms with E-state index in [2.05, 4.69) is 56.3 Å². The van der Waals surface area contributed by atoms with Crippen molar-refractivity contribution in [3.05, 3.63) is 29.8 Å². The van der Waals surface area contributed by atoms with Crippen molar-refractivity contribution in [3.8, 4) is 0 Å². The second-order valence-corrected chi connectivity index (χ2v) is 6.42. The van der Waals surface area contributed by atoms with Crippen molar-refractivity contribution < 1.29 is 9.68 Å². The van der Waals surface area contributed by atoms with Crippen molar-refractivity contribution in [1.29, 1.82) is 0 Å². The third-order valence-electron chi connectivity index (χ3n) is 2.58. The van der Waals surface area contributed by atoms with Gasteiger partial charge in [-0.3, -0.25) is 0 Å². The highest BCUT2D eigenvalue weighted by molar-refractivity contribution is 7.97. The number of hydrogen-bond donors (Lipinski definition) is 1. The van der Waals surface area contributed by atoms with Crippen LogP contribution in [-0.4, -0.2) is 35.5 Å². The summed E-state index contributed by atoms with van der Waals surface area (Å²) >= 11 is 1.64. The van der Waals surface area contributed by atoms with Crippen molar-refractivity contribution in [3.63, 3.8) is 0 Å². The summed E-state index contributed by atoms with van der Waals surface area (Å²) in [6, 6.07) is 8.38. The minimum Gasteiger partial charge on any atom is -0.426 e. The van der Waals surface area contributed by atoms with E-state index in [1.807, 2.05) is 0 Å². The molecule has 0 amide bonds. The Balaban J connectivity index is 2.75. The summed E-state index contributed by atoms with van der Waals surface area (Å²) in [7, 11) is 0.754. The van der Waals surface area contributed by atoms with Crippen LogP contribution < -0.4 is 0 Å². The van der Waals surface area contributed by atoms with Gasteiger partial charge < -0.3 is 9.68 Å². The lowest BCUT2D eigenvalue weighted by Gasteiger charge is -2.34. The lowest BCUT2D eigenvalue weighted by molar-refractivity contribution is 0.257. The lowest BCUT2D eigenvalue weighted by Crippen LogP contribution is -2.43. The fourth-order valence-electron chi connectivity index (χ4n) is 1.39. The van der Waals surface area contributed by atoms with Crippen LogP contribution in [0.2, 0.25) is 0 Å². The van der Waals surface area contributed by atoms with E-state index in [-0.39, 0.29) is 5.54 Å². The first-order valence-electron chi connectivity index (χ1n) is 6.06. The molecule has 5 heteroatoms.